The van der Waals surface area contributed by atoms with Crippen molar-refractivity contribution in [2.45, 2.75) is 171 Å². The van der Waals surface area contributed by atoms with Gasteiger partial charge in [-0.1, -0.05) is 111 Å². The fourth-order valence-corrected chi connectivity index (χ4v) is 17.5. The number of unbranched alkanes of at least 4 members (excludes halogenated alkanes) is 4. The van der Waals surface area contributed by atoms with Gasteiger partial charge in [0.1, 0.15) is 34.8 Å². The Morgan fingerprint density at radius 2 is 0.944 bits per heavy atom. The minimum Gasteiger partial charge on any atom is -0.481 e. The van der Waals surface area contributed by atoms with E-state index in [-0.39, 0.29) is 60.4 Å². The fraction of sp³-hybridized carbons (Fsp3) is 0.299. The largest absolute Gasteiger partial charge is 0.481 e. The van der Waals surface area contributed by atoms with E-state index < -0.39 is 59.4 Å². The molecule has 6 aliphatic rings. The summed E-state index contributed by atoms with van der Waals surface area (Å²) in [5.74, 6) is -2.63. The zero-order valence-corrected chi connectivity index (χ0v) is 69.4. The molecular weight excluding hydrogens is 1580 g/mol. The number of nitrogens with zero attached hydrogens (tertiary/aromatic N) is 10. The number of carboxylic acids is 1. The van der Waals surface area contributed by atoms with Gasteiger partial charge in [-0.15, -0.1) is 0 Å². The number of nitrogens with one attached hydrogen (secondary N) is 3. The number of hydrogen-bond donors (Lipinski definition) is 8. The minimum absolute atomic E-state index is 0.0385. The number of aromatic nitrogens is 8. The Morgan fingerprint density at radius 1 is 0.488 bits per heavy atom. The van der Waals surface area contributed by atoms with Crippen LogP contribution in [-0.4, -0.2) is 138 Å². The third kappa shape index (κ3) is 17.7. The molecule has 0 radical (unpaired) electrons. The van der Waals surface area contributed by atoms with E-state index in [1.807, 2.05) is 112 Å². The standard InChI is InChI=1S/C48H47N9O5.C31H29N5O2.C18H21N3O4/c49-42-35(13-6-27-52-42)43-54-37-20-19-36(53-44(37)56(43)33-17-15-32(16-18-33)48(50)24-7-25-48)31-11-4-8-29(28-31)14-22-39(58)51-26-3-1-2-9-30-10-5-12-34-41(30)47(62)57(46(34)61)38-21-23-40(59)55-45(38)60;1-31(16-4-17-31)22-9-11-23(12-10-22)36-29(24-7-3-18-33-28(24)32)35-26-14-13-25(34-30(26)36)21-6-2-5-20(19-21)8-15-27(37)38;19-10-3-1-2-5-11-6-4-7-12-15(11)18(25)21(17(12)24)13-8-9-14(22)20-16(13)23/h4-6,8,10-13,15-20,27-28,38H,1-3,7,9,14,21-26,50H2,(H2,49,52)(H,51,58)(H,55,59,60);2-3,5-7,9-14,18-19H,4,8,15-17H2,1H3,(H2,32,33)(H,37,38);4,6-7,13H,1-3,5,8-10,19H2,(H,20,22,23). The number of benzene rings is 6. The maximum Gasteiger partial charge on any atom is 0.303 e. The van der Waals surface area contributed by atoms with Crippen molar-refractivity contribution >= 4 is 93.1 Å². The Balaban J connectivity index is 0.000000154. The quantitative estimate of drug-likeness (QED) is 0.0175. The molecule has 125 heavy (non-hydrogen) atoms. The molecule has 0 bridgehead atoms. The van der Waals surface area contributed by atoms with Gasteiger partial charge in [0.15, 0.2) is 22.9 Å². The first-order valence-electron chi connectivity index (χ1n) is 42.8. The molecule has 2 atom stereocenters. The topological polar surface area (TPSA) is 425 Å². The Hall–Kier alpha value is -14.1. The van der Waals surface area contributed by atoms with E-state index in [4.69, 9.17) is 48.0 Å². The number of nitrogens with two attached hydrogens (primary N) is 4. The van der Waals surface area contributed by atoms with Crippen molar-refractivity contribution in [1.29, 1.82) is 0 Å². The summed E-state index contributed by atoms with van der Waals surface area (Å²) in [4.78, 5) is 154. The SMILES string of the molecule is CC1(c2ccc(-n3c(-c4cccnc4N)nc4ccc(-c5cccc(CCC(=O)O)c5)nc43)cc2)CCC1.NCCCCCc1cccc2c1C(=O)N(C1CCC(=O)NC1=O)C2=O.Nc1ncccc1-c1nc2ccc(-c3cccc(CCC(=O)NCCCCCc4cccc5c4C(=O)N(C4CCC(=O)NC4=O)C5=O)c3)nc2n1-c1ccc(C2(N)CCC2)cc1. The summed E-state index contributed by atoms with van der Waals surface area (Å²) in [5.41, 5.74) is 41.7. The van der Waals surface area contributed by atoms with Crippen molar-refractivity contribution < 1.29 is 53.1 Å². The number of nitrogen functional groups attached to an aromatic ring is 2. The lowest BCUT2D eigenvalue weighted by Gasteiger charge is -2.39. The number of anilines is 2. The van der Waals surface area contributed by atoms with Crippen LogP contribution in [0.5, 0.6) is 0 Å². The number of imidazole rings is 2. The third-order valence-corrected chi connectivity index (χ3v) is 24.8. The monoisotopic (exact) mass is 1680 g/mol. The van der Waals surface area contributed by atoms with Gasteiger partial charge in [0.25, 0.3) is 23.6 Å². The van der Waals surface area contributed by atoms with Crippen LogP contribution in [0.1, 0.15) is 197 Å². The highest BCUT2D eigenvalue weighted by atomic mass is 16.4. The molecule has 636 valence electrons. The van der Waals surface area contributed by atoms with Crippen LogP contribution in [-0.2, 0) is 65.4 Å². The lowest BCUT2D eigenvalue weighted by atomic mass is 9.66. The molecule has 28 heteroatoms. The second-order valence-corrected chi connectivity index (χ2v) is 33.1. The summed E-state index contributed by atoms with van der Waals surface area (Å²) in [6.07, 6.45) is 18.4. The number of amides is 9. The highest BCUT2D eigenvalue weighted by Crippen LogP contribution is 2.45. The summed E-state index contributed by atoms with van der Waals surface area (Å²) in [6.45, 7) is 3.48. The Bertz CT molecular complexity index is 6250. The van der Waals surface area contributed by atoms with Gasteiger partial charge in [-0.3, -0.25) is 77.5 Å². The molecule has 0 spiro atoms. The van der Waals surface area contributed by atoms with E-state index >= 15 is 0 Å². The van der Waals surface area contributed by atoms with Crippen molar-refractivity contribution in [3.8, 4) is 56.7 Å². The average Bonchev–Trinajstić information content (AvgIpc) is 1.65. The lowest BCUT2D eigenvalue weighted by Crippen LogP contribution is -2.54. The highest BCUT2D eigenvalue weighted by Gasteiger charge is 2.47. The van der Waals surface area contributed by atoms with Crippen LogP contribution in [0, 0.1) is 0 Å². The van der Waals surface area contributed by atoms with E-state index in [2.05, 4.69) is 87.4 Å². The molecule has 2 unspecified atom stereocenters. The van der Waals surface area contributed by atoms with Gasteiger partial charge in [-0.25, -0.2) is 29.9 Å². The summed E-state index contributed by atoms with van der Waals surface area (Å²) in [5, 5.41) is 16.5. The molecule has 2 saturated heterocycles. The van der Waals surface area contributed by atoms with Crippen LogP contribution in [0.3, 0.4) is 0 Å². The van der Waals surface area contributed by atoms with E-state index in [0.29, 0.717) is 102 Å². The number of imide groups is 4. The van der Waals surface area contributed by atoms with E-state index in [9.17, 15) is 47.9 Å². The summed E-state index contributed by atoms with van der Waals surface area (Å²) >= 11 is 0. The molecule has 4 aliphatic heterocycles. The predicted octanol–water partition coefficient (Wildman–Crippen LogP) is 12.9. The molecule has 6 aromatic carbocycles. The summed E-state index contributed by atoms with van der Waals surface area (Å²) in [6, 6.07) is 56.8. The number of fused-ring (bicyclic) bond motifs is 4. The average molecular weight is 1680 g/mol. The summed E-state index contributed by atoms with van der Waals surface area (Å²) < 4.78 is 4.07. The van der Waals surface area contributed by atoms with Crippen molar-refractivity contribution in [1.82, 2.24) is 64.8 Å². The first kappa shape index (κ1) is 84.5. The number of pyridine rings is 4. The molecule has 28 nitrogen and oxygen atoms in total. The first-order chi connectivity index (χ1) is 60.5. The number of carbonyl (C=O) groups is 10. The molecule has 18 rings (SSSR count). The van der Waals surface area contributed by atoms with E-state index in [1.54, 1.807) is 36.7 Å². The number of carbonyl (C=O) groups excluding carboxylic acids is 9. The maximum absolute atomic E-state index is 13.4. The van der Waals surface area contributed by atoms with Crippen LogP contribution in [0.15, 0.2) is 194 Å². The number of piperidine rings is 2. The van der Waals surface area contributed by atoms with Crippen LogP contribution in [0.2, 0.25) is 0 Å². The molecule has 2 saturated carbocycles. The highest BCUT2D eigenvalue weighted by molar-refractivity contribution is 6.25. The van der Waals surface area contributed by atoms with Crippen molar-refractivity contribution in [2.24, 2.45) is 11.5 Å². The number of hydrogen-bond acceptors (Lipinski definition) is 20. The smallest absolute Gasteiger partial charge is 0.303 e. The van der Waals surface area contributed by atoms with Gasteiger partial charge in [-0.05, 0) is 239 Å². The van der Waals surface area contributed by atoms with Gasteiger partial charge < -0.3 is 33.4 Å². The van der Waals surface area contributed by atoms with E-state index in [1.165, 1.54) is 24.8 Å². The van der Waals surface area contributed by atoms with Gasteiger partial charge in [0.05, 0.1) is 44.8 Å². The Kier molecular flexibility index (Phi) is 24.7. The number of aryl methyl sites for hydroxylation is 4. The predicted molar refractivity (Wildman–Crippen MR) is 472 cm³/mol. The van der Waals surface area contributed by atoms with Gasteiger partial charge >= 0.3 is 5.97 Å². The van der Waals surface area contributed by atoms with Crippen molar-refractivity contribution in [2.75, 3.05) is 24.6 Å². The Morgan fingerprint density at radius 3 is 1.38 bits per heavy atom. The van der Waals surface area contributed by atoms with Crippen LogP contribution < -0.4 is 38.9 Å². The van der Waals surface area contributed by atoms with Crippen LogP contribution >= 0.6 is 0 Å². The fourth-order valence-electron chi connectivity index (χ4n) is 17.5. The zero-order valence-electron chi connectivity index (χ0n) is 69.4. The molecule has 12 aromatic rings. The van der Waals surface area contributed by atoms with Crippen molar-refractivity contribution in [3.05, 3.63) is 250 Å². The Labute approximate surface area is 721 Å². The zero-order chi connectivity index (χ0) is 87.2. The maximum atomic E-state index is 13.4. The third-order valence-electron chi connectivity index (χ3n) is 24.8. The first-order valence-corrected chi connectivity index (χ1v) is 42.8. The molecule has 10 heterocycles. The van der Waals surface area contributed by atoms with Gasteiger partial charge in [0, 0.05) is 72.7 Å². The molecule has 4 fully saturated rings. The normalized spacial score (nSPS) is 16.8. The molecule has 2 aliphatic carbocycles. The molecule has 9 amide bonds. The summed E-state index contributed by atoms with van der Waals surface area (Å²) in [7, 11) is 0. The number of carboxylic acid groups (broad SMARTS) is 1. The van der Waals surface area contributed by atoms with Crippen LogP contribution in [0.25, 0.3) is 79.0 Å². The van der Waals surface area contributed by atoms with Crippen LogP contribution in [0.4, 0.5) is 11.6 Å². The van der Waals surface area contributed by atoms with Gasteiger partial charge in [0.2, 0.25) is 29.5 Å². The second-order valence-electron chi connectivity index (χ2n) is 33.1. The van der Waals surface area contributed by atoms with E-state index in [0.717, 1.165) is 146 Å². The molecule has 6 aromatic heterocycles. The second kappa shape index (κ2) is 36.5. The molecular formula is C97H97N17O11. The lowest BCUT2D eigenvalue weighted by molar-refractivity contribution is -0.137. The molecule has 12 N–H and O–H groups in total. The van der Waals surface area contributed by atoms with Gasteiger partial charge in [-0.2, -0.15) is 0 Å². The minimum atomic E-state index is -0.997. The number of rotatable bonds is 27. The number of aliphatic carboxylic acids is 1. The van der Waals surface area contributed by atoms with Crippen molar-refractivity contribution in [3.63, 3.8) is 0 Å².